The van der Waals surface area contributed by atoms with Crippen LogP contribution in [0.4, 0.5) is 0 Å². The Labute approximate surface area is 144 Å². The second-order valence-corrected chi connectivity index (χ2v) is 7.16. The Morgan fingerprint density at radius 2 is 2.17 bits per heavy atom. The fourth-order valence-electron chi connectivity index (χ4n) is 3.04. The van der Waals surface area contributed by atoms with Crippen LogP contribution in [0.3, 0.4) is 0 Å². The Hall–Kier alpha value is -2.21. The van der Waals surface area contributed by atoms with Crippen molar-refractivity contribution in [3.8, 4) is 0 Å². The lowest BCUT2D eigenvalue weighted by molar-refractivity contribution is -0.130. The highest BCUT2D eigenvalue weighted by Gasteiger charge is 2.24. The van der Waals surface area contributed by atoms with E-state index < -0.39 is 0 Å². The van der Waals surface area contributed by atoms with Crippen LogP contribution in [0.15, 0.2) is 51.6 Å². The summed E-state index contributed by atoms with van der Waals surface area (Å²) in [5, 5.41) is 5.31. The van der Waals surface area contributed by atoms with E-state index in [9.17, 15) is 4.79 Å². The minimum atomic E-state index is 0.106. The van der Waals surface area contributed by atoms with Crippen molar-refractivity contribution in [2.45, 2.75) is 18.1 Å². The fourth-order valence-corrected chi connectivity index (χ4v) is 4.22. The van der Waals surface area contributed by atoms with Crippen molar-refractivity contribution in [2.75, 3.05) is 18.8 Å². The molecule has 6 heteroatoms. The average molecular weight is 342 g/mol. The van der Waals surface area contributed by atoms with Gasteiger partial charge >= 0.3 is 0 Å². The van der Waals surface area contributed by atoms with Crippen molar-refractivity contribution < 1.29 is 13.7 Å². The molecule has 1 fully saturated rings. The molecule has 0 radical (unpaired) electrons. The number of aromatic nitrogens is 1. The molecule has 0 bridgehead atoms. The number of hydrogen-bond acceptors (Lipinski definition) is 5. The monoisotopic (exact) mass is 342 g/mol. The summed E-state index contributed by atoms with van der Waals surface area (Å²) in [5.41, 5.74) is 1.44. The SMILES string of the molecule is O=C(Cc1noc2ccccc12)N1CCS[C@@H](c2ccco2)CC1. The first-order chi connectivity index (χ1) is 11.8. The van der Waals surface area contributed by atoms with Crippen LogP contribution in [-0.2, 0) is 11.2 Å². The molecular formula is C18H18N2O3S. The molecule has 1 amide bonds. The van der Waals surface area contributed by atoms with E-state index in [2.05, 4.69) is 5.16 Å². The summed E-state index contributed by atoms with van der Waals surface area (Å²) in [6.45, 7) is 1.50. The zero-order valence-electron chi connectivity index (χ0n) is 13.2. The summed E-state index contributed by atoms with van der Waals surface area (Å²) in [6, 6.07) is 11.6. The van der Waals surface area contributed by atoms with E-state index >= 15 is 0 Å². The van der Waals surface area contributed by atoms with Gasteiger partial charge in [0.15, 0.2) is 5.58 Å². The molecule has 0 N–H and O–H groups in total. The van der Waals surface area contributed by atoms with Crippen molar-refractivity contribution >= 4 is 28.6 Å². The first-order valence-electron chi connectivity index (χ1n) is 8.07. The third-order valence-corrected chi connectivity index (χ3v) is 5.61. The van der Waals surface area contributed by atoms with Crippen LogP contribution in [0, 0.1) is 0 Å². The van der Waals surface area contributed by atoms with Gasteiger partial charge in [0.1, 0.15) is 11.5 Å². The molecule has 124 valence electrons. The number of carbonyl (C=O) groups is 1. The maximum absolute atomic E-state index is 12.7. The van der Waals surface area contributed by atoms with Crippen LogP contribution in [-0.4, -0.2) is 34.8 Å². The Morgan fingerprint density at radius 1 is 1.25 bits per heavy atom. The van der Waals surface area contributed by atoms with Crippen molar-refractivity contribution in [2.24, 2.45) is 0 Å². The van der Waals surface area contributed by atoms with E-state index in [1.165, 1.54) is 0 Å². The van der Waals surface area contributed by atoms with E-state index in [1.807, 2.05) is 53.1 Å². The van der Waals surface area contributed by atoms with Gasteiger partial charge in [-0.1, -0.05) is 17.3 Å². The number of fused-ring (bicyclic) bond motifs is 1. The van der Waals surface area contributed by atoms with Gasteiger partial charge in [0.25, 0.3) is 0 Å². The number of nitrogens with zero attached hydrogens (tertiary/aromatic N) is 2. The zero-order chi connectivity index (χ0) is 16.4. The quantitative estimate of drug-likeness (QED) is 0.727. The first-order valence-corrected chi connectivity index (χ1v) is 9.12. The van der Waals surface area contributed by atoms with E-state index in [1.54, 1.807) is 6.26 Å². The maximum atomic E-state index is 12.7. The van der Waals surface area contributed by atoms with Gasteiger partial charge in [0, 0.05) is 24.2 Å². The highest BCUT2D eigenvalue weighted by molar-refractivity contribution is 7.99. The van der Waals surface area contributed by atoms with Crippen molar-refractivity contribution in [3.63, 3.8) is 0 Å². The van der Waals surface area contributed by atoms with Crippen LogP contribution in [0.25, 0.3) is 11.0 Å². The molecule has 0 aliphatic carbocycles. The molecule has 1 aromatic carbocycles. The molecule has 4 rings (SSSR count). The smallest absolute Gasteiger partial charge is 0.228 e. The van der Waals surface area contributed by atoms with Gasteiger partial charge in [0.2, 0.25) is 5.91 Å². The zero-order valence-corrected chi connectivity index (χ0v) is 14.0. The standard InChI is InChI=1S/C18H18N2O3S/c21-18(12-14-13-4-1-2-5-15(13)23-19-14)20-8-7-17(24-11-9-20)16-6-3-10-22-16/h1-6,10,17H,7-9,11-12H2/t17-/m1/s1. The number of benzene rings is 1. The lowest BCUT2D eigenvalue weighted by atomic mass is 10.1. The third kappa shape index (κ3) is 3.06. The number of hydrogen-bond donors (Lipinski definition) is 0. The van der Waals surface area contributed by atoms with Crippen LogP contribution in [0.1, 0.15) is 23.1 Å². The summed E-state index contributed by atoms with van der Waals surface area (Å²) in [5.74, 6) is 2.02. The molecule has 1 saturated heterocycles. The number of furan rings is 1. The molecule has 0 unspecified atom stereocenters. The van der Waals surface area contributed by atoms with Crippen LogP contribution in [0.2, 0.25) is 0 Å². The van der Waals surface area contributed by atoms with Gasteiger partial charge in [-0.15, -0.1) is 11.8 Å². The molecule has 1 aliphatic heterocycles. The number of amides is 1. The van der Waals surface area contributed by atoms with Gasteiger partial charge in [-0.2, -0.15) is 0 Å². The summed E-state index contributed by atoms with van der Waals surface area (Å²) < 4.78 is 10.8. The number of rotatable bonds is 3. The molecule has 1 aliphatic rings. The predicted octanol–water partition coefficient (Wildman–Crippen LogP) is 3.67. The second kappa shape index (κ2) is 6.73. The van der Waals surface area contributed by atoms with E-state index in [0.29, 0.717) is 5.25 Å². The minimum Gasteiger partial charge on any atom is -0.468 e. The topological polar surface area (TPSA) is 59.5 Å². The van der Waals surface area contributed by atoms with Gasteiger partial charge < -0.3 is 13.8 Å². The summed E-state index contributed by atoms with van der Waals surface area (Å²) >= 11 is 1.85. The molecule has 3 heterocycles. The fraction of sp³-hybridized carbons (Fsp3) is 0.333. The third-order valence-electron chi connectivity index (χ3n) is 4.33. The van der Waals surface area contributed by atoms with Gasteiger partial charge in [-0.3, -0.25) is 4.79 Å². The van der Waals surface area contributed by atoms with Gasteiger partial charge in [-0.25, -0.2) is 0 Å². The van der Waals surface area contributed by atoms with Crippen molar-refractivity contribution in [1.29, 1.82) is 0 Å². The Balaban J connectivity index is 1.43. The van der Waals surface area contributed by atoms with Gasteiger partial charge in [-0.05, 0) is 30.7 Å². The van der Waals surface area contributed by atoms with E-state index in [4.69, 9.17) is 8.94 Å². The molecule has 3 aromatic rings. The summed E-state index contributed by atoms with van der Waals surface area (Å²) in [6.07, 6.45) is 2.90. The molecule has 24 heavy (non-hydrogen) atoms. The summed E-state index contributed by atoms with van der Waals surface area (Å²) in [7, 11) is 0. The van der Waals surface area contributed by atoms with Crippen LogP contribution >= 0.6 is 11.8 Å². The Bertz CT molecular complexity index is 828. The van der Waals surface area contributed by atoms with E-state index in [0.717, 1.165) is 47.7 Å². The van der Waals surface area contributed by atoms with Crippen LogP contribution in [0.5, 0.6) is 0 Å². The molecule has 5 nitrogen and oxygen atoms in total. The van der Waals surface area contributed by atoms with Crippen molar-refractivity contribution in [1.82, 2.24) is 10.1 Å². The maximum Gasteiger partial charge on any atom is 0.228 e. The van der Waals surface area contributed by atoms with Crippen molar-refractivity contribution in [3.05, 3.63) is 54.1 Å². The molecule has 2 aromatic heterocycles. The highest BCUT2D eigenvalue weighted by Crippen LogP contribution is 2.34. The van der Waals surface area contributed by atoms with E-state index in [-0.39, 0.29) is 12.3 Å². The molecule has 0 spiro atoms. The highest BCUT2D eigenvalue weighted by atomic mass is 32.2. The minimum absolute atomic E-state index is 0.106. The normalized spacial score (nSPS) is 18.7. The predicted molar refractivity (Wildman–Crippen MR) is 92.8 cm³/mol. The lowest BCUT2D eigenvalue weighted by Gasteiger charge is -2.19. The average Bonchev–Trinajstić information content (AvgIpc) is 3.20. The second-order valence-electron chi connectivity index (χ2n) is 5.85. The molecule has 0 saturated carbocycles. The summed E-state index contributed by atoms with van der Waals surface area (Å²) in [4.78, 5) is 14.6. The Kier molecular flexibility index (Phi) is 4.30. The molecule has 1 atom stereocenters. The lowest BCUT2D eigenvalue weighted by Crippen LogP contribution is -2.34. The van der Waals surface area contributed by atoms with Crippen LogP contribution < -0.4 is 0 Å². The largest absolute Gasteiger partial charge is 0.468 e. The van der Waals surface area contributed by atoms with Gasteiger partial charge in [0.05, 0.1) is 17.9 Å². The number of carbonyl (C=O) groups excluding carboxylic acids is 1. The molecular weight excluding hydrogens is 324 g/mol. The first kappa shape index (κ1) is 15.3. The Morgan fingerprint density at radius 3 is 3.04 bits per heavy atom. The number of para-hydroxylation sites is 1. The number of thioether (sulfide) groups is 1.